The summed E-state index contributed by atoms with van der Waals surface area (Å²) in [6.07, 6.45) is 0.888. The summed E-state index contributed by atoms with van der Waals surface area (Å²) in [5, 5.41) is 4.50. The van der Waals surface area contributed by atoms with E-state index in [9.17, 15) is 14.4 Å². The maximum absolute atomic E-state index is 12.4. The van der Waals surface area contributed by atoms with Crippen LogP contribution in [0.2, 0.25) is 0 Å². The minimum absolute atomic E-state index is 0.139. The van der Waals surface area contributed by atoms with E-state index in [-0.39, 0.29) is 11.8 Å². The van der Waals surface area contributed by atoms with E-state index in [1.165, 1.54) is 11.3 Å². The number of aryl methyl sites for hydroxylation is 1. The number of carbonyl (C=O) groups excluding carboxylic acids is 3. The molecule has 0 saturated heterocycles. The van der Waals surface area contributed by atoms with Crippen molar-refractivity contribution in [1.82, 2.24) is 16.2 Å². The highest BCUT2D eigenvalue weighted by molar-refractivity contribution is 7.12. The predicted octanol–water partition coefficient (Wildman–Crippen LogP) is 2.53. The maximum atomic E-state index is 12.4. The van der Waals surface area contributed by atoms with E-state index in [0.717, 1.165) is 12.0 Å². The Balaban J connectivity index is 1.94. The topological polar surface area (TPSA) is 87.3 Å². The van der Waals surface area contributed by atoms with Crippen LogP contribution in [-0.4, -0.2) is 23.8 Å². The Hall–Kier alpha value is -2.67. The number of hydrazine groups is 1. The predicted molar refractivity (Wildman–Crippen MR) is 102 cm³/mol. The summed E-state index contributed by atoms with van der Waals surface area (Å²) in [5.41, 5.74) is 6.36. The fraction of sp³-hybridized carbons (Fsp3) is 0.316. The molecule has 1 atom stereocenters. The van der Waals surface area contributed by atoms with E-state index >= 15 is 0 Å². The first-order valence-corrected chi connectivity index (χ1v) is 9.33. The van der Waals surface area contributed by atoms with Gasteiger partial charge in [0.25, 0.3) is 17.7 Å². The highest BCUT2D eigenvalue weighted by atomic mass is 32.1. The number of amides is 3. The molecule has 1 aromatic carbocycles. The average Bonchev–Trinajstić information content (AvgIpc) is 3.18. The minimum Gasteiger partial charge on any atom is -0.339 e. The Morgan fingerprint density at radius 3 is 2.23 bits per heavy atom. The molecule has 0 aliphatic rings. The van der Waals surface area contributed by atoms with E-state index in [4.69, 9.17) is 0 Å². The minimum atomic E-state index is -0.757. The Morgan fingerprint density at radius 1 is 1.00 bits per heavy atom. The lowest BCUT2D eigenvalue weighted by molar-refractivity contribution is -0.124. The molecule has 26 heavy (non-hydrogen) atoms. The summed E-state index contributed by atoms with van der Waals surface area (Å²) in [5.74, 6) is -1.33. The number of hydrogen-bond donors (Lipinski definition) is 3. The molecule has 0 fully saturated rings. The summed E-state index contributed by atoms with van der Waals surface area (Å²) >= 11 is 1.30. The molecule has 0 spiro atoms. The van der Waals surface area contributed by atoms with Crippen molar-refractivity contribution < 1.29 is 14.4 Å². The van der Waals surface area contributed by atoms with Gasteiger partial charge in [-0.25, -0.2) is 0 Å². The Kier molecular flexibility index (Phi) is 6.91. The quantitative estimate of drug-likeness (QED) is 0.680. The van der Waals surface area contributed by atoms with Crippen LogP contribution < -0.4 is 16.2 Å². The third-order valence-corrected chi connectivity index (χ3v) is 4.77. The molecular formula is C19H23N3O3S. The number of carbonyl (C=O) groups is 3. The Morgan fingerprint density at radius 2 is 1.69 bits per heavy atom. The Bertz CT molecular complexity index is 755. The second-order valence-electron chi connectivity index (χ2n) is 6.17. The third-order valence-electron chi connectivity index (χ3n) is 3.90. The molecule has 0 bridgehead atoms. The van der Waals surface area contributed by atoms with Gasteiger partial charge in [-0.1, -0.05) is 39.0 Å². The van der Waals surface area contributed by atoms with Gasteiger partial charge in [0.1, 0.15) is 6.04 Å². The zero-order chi connectivity index (χ0) is 19.1. The number of benzene rings is 1. The van der Waals surface area contributed by atoms with Crippen LogP contribution in [0.3, 0.4) is 0 Å². The van der Waals surface area contributed by atoms with Crippen molar-refractivity contribution in [2.75, 3.05) is 0 Å². The monoisotopic (exact) mass is 373 g/mol. The lowest BCUT2D eigenvalue weighted by Gasteiger charge is -2.21. The SMILES string of the molecule is CCc1ccc(C(=O)NNC(=O)[C@@H](NC(=O)c2cccs2)C(C)C)cc1. The van der Waals surface area contributed by atoms with Gasteiger partial charge in [0.15, 0.2) is 0 Å². The van der Waals surface area contributed by atoms with Crippen molar-refractivity contribution in [2.45, 2.75) is 33.2 Å². The van der Waals surface area contributed by atoms with Gasteiger partial charge in [0, 0.05) is 5.56 Å². The summed E-state index contributed by atoms with van der Waals surface area (Å²) in [6.45, 7) is 5.68. The van der Waals surface area contributed by atoms with E-state index in [0.29, 0.717) is 10.4 Å². The van der Waals surface area contributed by atoms with Crippen LogP contribution in [0, 0.1) is 5.92 Å². The fourth-order valence-electron chi connectivity index (χ4n) is 2.32. The van der Waals surface area contributed by atoms with Gasteiger partial charge in [-0.2, -0.15) is 0 Å². The lowest BCUT2D eigenvalue weighted by Crippen LogP contribution is -2.54. The second kappa shape index (κ2) is 9.15. The Labute approximate surface area is 157 Å². The van der Waals surface area contributed by atoms with E-state index in [1.807, 2.05) is 32.9 Å². The number of hydrogen-bond acceptors (Lipinski definition) is 4. The molecule has 3 amide bonds. The fourth-order valence-corrected chi connectivity index (χ4v) is 2.94. The van der Waals surface area contributed by atoms with Crippen LogP contribution in [0.4, 0.5) is 0 Å². The highest BCUT2D eigenvalue weighted by Crippen LogP contribution is 2.10. The lowest BCUT2D eigenvalue weighted by atomic mass is 10.0. The normalized spacial score (nSPS) is 11.7. The van der Waals surface area contributed by atoms with Crippen molar-refractivity contribution in [2.24, 2.45) is 5.92 Å². The number of nitrogens with one attached hydrogen (secondary N) is 3. The second-order valence-corrected chi connectivity index (χ2v) is 7.11. The van der Waals surface area contributed by atoms with Crippen molar-refractivity contribution >= 4 is 29.1 Å². The molecule has 0 unspecified atom stereocenters. The standard InChI is InChI=1S/C19H23N3O3S/c1-4-13-7-9-14(10-8-13)17(23)21-22-19(25)16(12(2)3)20-18(24)15-6-5-11-26-15/h5-12,16H,4H2,1-3H3,(H,20,24)(H,21,23)(H,22,25)/t16-/m0/s1. The van der Waals surface area contributed by atoms with Crippen LogP contribution in [0.25, 0.3) is 0 Å². The summed E-state index contributed by atoms with van der Waals surface area (Å²) in [4.78, 5) is 37.2. The van der Waals surface area contributed by atoms with Crippen LogP contribution in [0.5, 0.6) is 0 Å². The molecule has 0 aliphatic carbocycles. The molecule has 1 aromatic heterocycles. The highest BCUT2D eigenvalue weighted by Gasteiger charge is 2.25. The van der Waals surface area contributed by atoms with Crippen LogP contribution in [0.15, 0.2) is 41.8 Å². The van der Waals surface area contributed by atoms with Gasteiger partial charge < -0.3 is 5.32 Å². The van der Waals surface area contributed by atoms with Crippen LogP contribution in [0.1, 0.15) is 46.4 Å². The molecular weight excluding hydrogens is 350 g/mol. The molecule has 138 valence electrons. The molecule has 0 radical (unpaired) electrons. The molecule has 7 heteroatoms. The molecule has 0 aliphatic heterocycles. The van der Waals surface area contributed by atoms with Crippen molar-refractivity contribution in [3.63, 3.8) is 0 Å². The first kappa shape index (κ1) is 19.7. The third kappa shape index (κ3) is 5.16. The van der Waals surface area contributed by atoms with Gasteiger partial charge in [0.05, 0.1) is 4.88 Å². The van der Waals surface area contributed by atoms with Gasteiger partial charge in [0.2, 0.25) is 0 Å². The number of thiophene rings is 1. The molecule has 1 heterocycles. The summed E-state index contributed by atoms with van der Waals surface area (Å²) in [7, 11) is 0. The molecule has 0 saturated carbocycles. The van der Waals surface area contributed by atoms with Crippen molar-refractivity contribution in [1.29, 1.82) is 0 Å². The largest absolute Gasteiger partial charge is 0.339 e. The maximum Gasteiger partial charge on any atom is 0.269 e. The first-order chi connectivity index (χ1) is 12.4. The van der Waals surface area contributed by atoms with E-state index in [1.54, 1.807) is 29.6 Å². The van der Waals surface area contributed by atoms with Crippen molar-refractivity contribution in [3.05, 3.63) is 57.8 Å². The first-order valence-electron chi connectivity index (χ1n) is 8.45. The zero-order valence-electron chi connectivity index (χ0n) is 15.0. The average molecular weight is 373 g/mol. The van der Waals surface area contributed by atoms with Gasteiger partial charge >= 0.3 is 0 Å². The van der Waals surface area contributed by atoms with Crippen LogP contribution >= 0.6 is 11.3 Å². The van der Waals surface area contributed by atoms with E-state index in [2.05, 4.69) is 16.2 Å². The molecule has 6 nitrogen and oxygen atoms in total. The molecule has 2 aromatic rings. The zero-order valence-corrected chi connectivity index (χ0v) is 15.9. The molecule has 3 N–H and O–H groups in total. The number of rotatable bonds is 6. The van der Waals surface area contributed by atoms with E-state index < -0.39 is 17.9 Å². The van der Waals surface area contributed by atoms with Gasteiger partial charge in [-0.05, 0) is 41.5 Å². The van der Waals surface area contributed by atoms with Gasteiger partial charge in [-0.3, -0.25) is 25.2 Å². The van der Waals surface area contributed by atoms with Crippen LogP contribution in [-0.2, 0) is 11.2 Å². The smallest absolute Gasteiger partial charge is 0.269 e. The van der Waals surface area contributed by atoms with Gasteiger partial charge in [-0.15, -0.1) is 11.3 Å². The molecule has 2 rings (SSSR count). The summed E-state index contributed by atoms with van der Waals surface area (Å²) < 4.78 is 0. The van der Waals surface area contributed by atoms with Crippen molar-refractivity contribution in [3.8, 4) is 0 Å². The summed E-state index contributed by atoms with van der Waals surface area (Å²) in [6, 6.07) is 9.86.